The van der Waals surface area contributed by atoms with Crippen LogP contribution in [-0.2, 0) is 9.47 Å². The van der Waals surface area contributed by atoms with Gasteiger partial charge in [0.05, 0.1) is 50.1 Å². The van der Waals surface area contributed by atoms with Crippen molar-refractivity contribution >= 4 is 29.0 Å². The molecule has 1 aromatic carbocycles. The Labute approximate surface area is 200 Å². The number of nitrogens with one attached hydrogen (secondary N) is 3. The van der Waals surface area contributed by atoms with Crippen LogP contribution in [0.1, 0.15) is 0 Å². The first-order chi connectivity index (χ1) is 16.6. The number of urea groups is 1. The van der Waals surface area contributed by atoms with Crippen LogP contribution < -0.4 is 25.4 Å². The largest absolute Gasteiger partial charge is 0.497 e. The van der Waals surface area contributed by atoms with Crippen LogP contribution in [0, 0.1) is 0 Å². The summed E-state index contributed by atoms with van der Waals surface area (Å²) in [4.78, 5) is 22.7. The number of rotatable bonds is 7. The van der Waals surface area contributed by atoms with Gasteiger partial charge in [-0.15, -0.1) is 11.3 Å². The van der Waals surface area contributed by atoms with Gasteiger partial charge in [0.15, 0.2) is 0 Å². The molecule has 2 aliphatic heterocycles. The second-order valence-electron chi connectivity index (χ2n) is 7.90. The molecule has 2 aromatic heterocycles. The van der Waals surface area contributed by atoms with E-state index in [0.29, 0.717) is 36.3 Å². The smallest absolute Gasteiger partial charge is 0.319 e. The van der Waals surface area contributed by atoms with Crippen molar-refractivity contribution in [1.29, 1.82) is 0 Å². The fourth-order valence-corrected chi connectivity index (χ4v) is 4.81. The minimum absolute atomic E-state index is 0.124. The Bertz CT molecular complexity index is 1120. The van der Waals surface area contributed by atoms with E-state index >= 15 is 0 Å². The standard InChI is InChI=1S/C23H25N5O5S/c1-30-14-8-13(9-15(10-14)31-2)25-23(29)28-18-12-33-20-17(11-32-21(18)20)27-22-24-6-5-16(26-22)19-4-3-7-34-19/h3-10,17-18,20-21H,11-12H2,1-2H3,(H,24,26,27)(H2,25,28,29). The molecule has 11 heteroatoms. The third-order valence-electron chi connectivity index (χ3n) is 5.72. The molecule has 10 nitrogen and oxygen atoms in total. The summed E-state index contributed by atoms with van der Waals surface area (Å²) in [6, 6.07) is 10.3. The van der Waals surface area contributed by atoms with E-state index in [9.17, 15) is 4.79 Å². The van der Waals surface area contributed by atoms with Crippen LogP contribution in [0.3, 0.4) is 0 Å². The van der Waals surface area contributed by atoms with Crippen LogP contribution in [0.25, 0.3) is 10.6 Å². The molecule has 2 saturated heterocycles. The summed E-state index contributed by atoms with van der Waals surface area (Å²) in [6.45, 7) is 0.771. The first kappa shape index (κ1) is 22.4. The number of hydrogen-bond acceptors (Lipinski definition) is 9. The van der Waals surface area contributed by atoms with Gasteiger partial charge in [-0.1, -0.05) is 6.07 Å². The van der Waals surface area contributed by atoms with Crippen LogP contribution in [0.2, 0.25) is 0 Å². The lowest BCUT2D eigenvalue weighted by molar-refractivity contribution is 0.0683. The molecule has 3 N–H and O–H groups in total. The van der Waals surface area contributed by atoms with E-state index in [-0.39, 0.29) is 30.3 Å². The lowest BCUT2D eigenvalue weighted by atomic mass is 10.1. The predicted molar refractivity (Wildman–Crippen MR) is 128 cm³/mol. The lowest BCUT2D eigenvalue weighted by Gasteiger charge is -2.19. The zero-order valence-electron chi connectivity index (χ0n) is 18.7. The Morgan fingerprint density at radius 1 is 1.06 bits per heavy atom. The van der Waals surface area contributed by atoms with Gasteiger partial charge >= 0.3 is 6.03 Å². The highest BCUT2D eigenvalue weighted by Crippen LogP contribution is 2.30. The first-order valence-electron chi connectivity index (χ1n) is 10.8. The highest BCUT2D eigenvalue weighted by Gasteiger charge is 2.48. The van der Waals surface area contributed by atoms with Gasteiger partial charge in [-0.25, -0.2) is 14.8 Å². The number of hydrogen-bond donors (Lipinski definition) is 3. The minimum atomic E-state index is -0.364. The second kappa shape index (κ2) is 9.84. The first-order valence-corrected chi connectivity index (χ1v) is 11.7. The second-order valence-corrected chi connectivity index (χ2v) is 8.84. The monoisotopic (exact) mass is 483 g/mol. The summed E-state index contributed by atoms with van der Waals surface area (Å²) in [5.74, 6) is 1.68. The van der Waals surface area contributed by atoms with Crippen molar-refractivity contribution in [2.24, 2.45) is 0 Å². The van der Waals surface area contributed by atoms with Crippen molar-refractivity contribution in [3.8, 4) is 22.1 Å². The number of nitrogens with zero attached hydrogens (tertiary/aromatic N) is 2. The Hall–Kier alpha value is -3.41. The maximum Gasteiger partial charge on any atom is 0.319 e. The topological polar surface area (TPSA) is 116 Å². The molecule has 0 spiro atoms. The molecule has 0 bridgehead atoms. The molecule has 0 radical (unpaired) electrons. The third kappa shape index (κ3) is 4.76. The van der Waals surface area contributed by atoms with Crippen LogP contribution in [0.15, 0.2) is 48.0 Å². The molecule has 2 aliphatic rings. The van der Waals surface area contributed by atoms with E-state index in [2.05, 4.69) is 25.9 Å². The molecule has 0 aliphatic carbocycles. The van der Waals surface area contributed by atoms with Crippen LogP contribution in [0.4, 0.5) is 16.4 Å². The molecule has 0 saturated carbocycles. The van der Waals surface area contributed by atoms with Crippen LogP contribution in [-0.4, -0.2) is 67.7 Å². The number of anilines is 2. The zero-order valence-corrected chi connectivity index (χ0v) is 19.5. The molecule has 4 heterocycles. The van der Waals surface area contributed by atoms with E-state index < -0.39 is 0 Å². The maximum absolute atomic E-state index is 12.6. The number of ether oxygens (including phenoxy) is 4. The Kier molecular flexibility index (Phi) is 6.48. The van der Waals surface area contributed by atoms with Gasteiger partial charge in [0.25, 0.3) is 0 Å². The summed E-state index contributed by atoms with van der Waals surface area (Å²) in [7, 11) is 3.11. The van der Waals surface area contributed by atoms with Gasteiger partial charge in [-0.2, -0.15) is 0 Å². The maximum atomic E-state index is 12.6. The van der Waals surface area contributed by atoms with Crippen LogP contribution >= 0.6 is 11.3 Å². The summed E-state index contributed by atoms with van der Waals surface area (Å²) < 4.78 is 22.5. The molecule has 2 fully saturated rings. The normalized spacial score (nSPS) is 23.2. The van der Waals surface area contributed by atoms with E-state index in [1.807, 2.05) is 23.6 Å². The number of thiophene rings is 1. The van der Waals surface area contributed by atoms with E-state index in [0.717, 1.165) is 10.6 Å². The van der Waals surface area contributed by atoms with Crippen molar-refractivity contribution in [2.75, 3.05) is 38.1 Å². The fraction of sp³-hybridized carbons (Fsp3) is 0.348. The average Bonchev–Trinajstić information content (AvgIpc) is 3.60. The van der Waals surface area contributed by atoms with Gasteiger partial charge in [0.1, 0.15) is 23.7 Å². The summed E-state index contributed by atoms with van der Waals surface area (Å²) >= 11 is 1.63. The van der Waals surface area contributed by atoms with Crippen molar-refractivity contribution in [2.45, 2.75) is 24.3 Å². The summed E-state index contributed by atoms with van der Waals surface area (Å²) in [5, 5.41) is 11.1. The molecular formula is C23H25N5O5S. The Balaban J connectivity index is 1.19. The van der Waals surface area contributed by atoms with E-state index in [1.54, 1.807) is 50.0 Å². The number of amides is 2. The van der Waals surface area contributed by atoms with Crippen LogP contribution in [0.5, 0.6) is 11.5 Å². The zero-order chi connectivity index (χ0) is 23.5. The lowest BCUT2D eigenvalue weighted by Crippen LogP contribution is -2.46. The number of methoxy groups -OCH3 is 2. The molecule has 4 unspecified atom stereocenters. The van der Waals surface area contributed by atoms with Gasteiger partial charge < -0.3 is 34.9 Å². The molecule has 3 aromatic rings. The van der Waals surface area contributed by atoms with E-state index in [4.69, 9.17) is 18.9 Å². The quantitative estimate of drug-likeness (QED) is 0.470. The van der Waals surface area contributed by atoms with Crippen molar-refractivity contribution < 1.29 is 23.7 Å². The Morgan fingerprint density at radius 2 is 1.79 bits per heavy atom. The fourth-order valence-electron chi connectivity index (χ4n) is 4.12. The predicted octanol–water partition coefficient (Wildman–Crippen LogP) is 2.99. The number of benzene rings is 1. The minimum Gasteiger partial charge on any atom is -0.497 e. The van der Waals surface area contributed by atoms with Gasteiger partial charge in [-0.05, 0) is 17.5 Å². The molecule has 4 atom stereocenters. The molecule has 2 amide bonds. The van der Waals surface area contributed by atoms with E-state index in [1.165, 1.54) is 0 Å². The number of fused-ring (bicyclic) bond motifs is 1. The third-order valence-corrected chi connectivity index (χ3v) is 6.62. The summed E-state index contributed by atoms with van der Waals surface area (Å²) in [5.41, 5.74) is 1.42. The highest BCUT2D eigenvalue weighted by atomic mass is 32.1. The molecular weight excluding hydrogens is 458 g/mol. The average molecular weight is 484 g/mol. The van der Waals surface area contributed by atoms with Crippen molar-refractivity contribution in [3.05, 3.63) is 48.0 Å². The Morgan fingerprint density at radius 3 is 2.50 bits per heavy atom. The van der Waals surface area contributed by atoms with Gasteiger partial charge in [-0.3, -0.25) is 0 Å². The number of aromatic nitrogens is 2. The molecule has 178 valence electrons. The summed E-state index contributed by atoms with van der Waals surface area (Å²) in [6.07, 6.45) is 1.23. The highest BCUT2D eigenvalue weighted by molar-refractivity contribution is 7.13. The number of carbonyl (C=O) groups excluding carboxylic acids is 1. The van der Waals surface area contributed by atoms with Gasteiger partial charge in [0, 0.05) is 30.1 Å². The molecule has 34 heavy (non-hydrogen) atoms. The van der Waals surface area contributed by atoms with Crippen molar-refractivity contribution in [1.82, 2.24) is 15.3 Å². The number of carbonyl (C=O) groups is 1. The van der Waals surface area contributed by atoms with Crippen molar-refractivity contribution in [3.63, 3.8) is 0 Å². The SMILES string of the molecule is COc1cc(NC(=O)NC2COC3C(Nc4nccc(-c5cccs5)n4)COC23)cc(OC)c1. The molecule has 5 rings (SSSR count). The van der Waals surface area contributed by atoms with Gasteiger partial charge in [0.2, 0.25) is 5.95 Å².